The van der Waals surface area contributed by atoms with Crippen LogP contribution in [0.5, 0.6) is 0 Å². The molecule has 0 aromatic carbocycles. The van der Waals surface area contributed by atoms with Crippen molar-refractivity contribution in [1.29, 1.82) is 0 Å². The second kappa shape index (κ2) is 3.73. The van der Waals surface area contributed by atoms with Crippen LogP contribution in [0.2, 0.25) is 0 Å². The molecule has 0 radical (unpaired) electrons. The third kappa shape index (κ3) is 1.79. The van der Waals surface area contributed by atoms with Crippen LogP contribution in [0.3, 0.4) is 0 Å². The zero-order valence-electron chi connectivity index (χ0n) is 7.84. The van der Waals surface area contributed by atoms with Gasteiger partial charge in [-0.2, -0.15) is 0 Å². The van der Waals surface area contributed by atoms with Gasteiger partial charge in [0.15, 0.2) is 0 Å². The lowest BCUT2D eigenvalue weighted by atomic mass is 9.88. The average molecular weight is 182 g/mol. The number of hydrogen-bond acceptors (Lipinski definition) is 3. The summed E-state index contributed by atoms with van der Waals surface area (Å²) >= 11 is 0. The highest BCUT2D eigenvalue weighted by Crippen LogP contribution is 2.35. The Hall–Kier alpha value is -1.12. The van der Waals surface area contributed by atoms with Crippen LogP contribution in [0.15, 0.2) is 12.7 Å². The summed E-state index contributed by atoms with van der Waals surface area (Å²) < 4.78 is 4.87. The Kier molecular flexibility index (Phi) is 2.86. The highest BCUT2D eigenvalue weighted by atomic mass is 16.5. The van der Waals surface area contributed by atoms with Crippen LogP contribution >= 0.6 is 0 Å². The second-order valence-corrected chi connectivity index (χ2v) is 3.50. The van der Waals surface area contributed by atoms with Crippen LogP contribution in [-0.2, 0) is 14.3 Å². The highest BCUT2D eigenvalue weighted by Gasteiger charge is 2.45. The van der Waals surface area contributed by atoms with Crippen LogP contribution < -0.4 is 0 Å². The minimum atomic E-state index is -0.886. The minimum absolute atomic E-state index is 0.00145. The van der Waals surface area contributed by atoms with Crippen molar-refractivity contribution in [3.63, 3.8) is 0 Å². The third-order valence-electron chi connectivity index (χ3n) is 2.48. The molecule has 0 aliphatic heterocycles. The molecular formula is C10H14O3. The predicted octanol–water partition coefficient (Wildman–Crippen LogP) is 1.47. The topological polar surface area (TPSA) is 43.4 Å². The average Bonchev–Trinajstić information content (AvgIpc) is 2.44. The Labute approximate surface area is 77.8 Å². The summed E-state index contributed by atoms with van der Waals surface area (Å²) in [4.78, 5) is 22.8. The first kappa shape index (κ1) is 9.96. The van der Waals surface area contributed by atoms with Gasteiger partial charge in [0.05, 0.1) is 0 Å². The molecule has 0 aromatic heterocycles. The summed E-state index contributed by atoms with van der Waals surface area (Å²) in [5.41, 5.74) is -0.886. The molecule has 0 amide bonds. The molecule has 0 aromatic rings. The van der Waals surface area contributed by atoms with Crippen LogP contribution in [0, 0.1) is 5.41 Å². The lowest BCUT2D eigenvalue weighted by molar-refractivity contribution is -0.156. The number of esters is 1. The maximum Gasteiger partial charge on any atom is 0.319 e. The van der Waals surface area contributed by atoms with Crippen molar-refractivity contribution < 1.29 is 14.3 Å². The first-order valence-corrected chi connectivity index (χ1v) is 4.42. The maximum atomic E-state index is 11.4. The molecule has 3 nitrogen and oxygen atoms in total. The van der Waals surface area contributed by atoms with Crippen LogP contribution in [0.4, 0.5) is 0 Å². The third-order valence-corrected chi connectivity index (χ3v) is 2.48. The number of hydrogen-bond donors (Lipinski definition) is 0. The standard InChI is InChI=1S/C10H14O3/c1-3-7-13-9(12)10(2)6-4-5-8(10)11/h3H,1,4-7H2,2H3/t10-/m0/s1. The van der Waals surface area contributed by atoms with E-state index >= 15 is 0 Å². The van der Waals surface area contributed by atoms with Gasteiger partial charge in [-0.05, 0) is 19.8 Å². The smallest absolute Gasteiger partial charge is 0.319 e. The molecule has 1 rings (SSSR count). The van der Waals surface area contributed by atoms with Gasteiger partial charge in [0.1, 0.15) is 17.8 Å². The molecule has 1 aliphatic rings. The van der Waals surface area contributed by atoms with Gasteiger partial charge in [0.25, 0.3) is 0 Å². The molecular weight excluding hydrogens is 168 g/mol. The van der Waals surface area contributed by atoms with Crippen molar-refractivity contribution in [2.24, 2.45) is 5.41 Å². The lowest BCUT2D eigenvalue weighted by Crippen LogP contribution is -2.33. The maximum absolute atomic E-state index is 11.4. The number of carbonyl (C=O) groups is 2. The van der Waals surface area contributed by atoms with Gasteiger partial charge in [0, 0.05) is 6.42 Å². The highest BCUT2D eigenvalue weighted by molar-refractivity contribution is 6.04. The fourth-order valence-corrected chi connectivity index (χ4v) is 1.53. The quantitative estimate of drug-likeness (QED) is 0.377. The molecule has 1 fully saturated rings. The molecule has 1 atom stereocenters. The number of Topliss-reactive ketones (excluding diaryl/α,β-unsaturated/α-hetero) is 1. The van der Waals surface area contributed by atoms with E-state index in [4.69, 9.17) is 4.74 Å². The molecule has 1 saturated carbocycles. The van der Waals surface area contributed by atoms with Crippen LogP contribution in [0.1, 0.15) is 26.2 Å². The zero-order valence-corrected chi connectivity index (χ0v) is 7.84. The fourth-order valence-electron chi connectivity index (χ4n) is 1.53. The van der Waals surface area contributed by atoms with E-state index in [1.807, 2.05) is 0 Å². The molecule has 0 bridgehead atoms. The summed E-state index contributed by atoms with van der Waals surface area (Å²) in [7, 11) is 0. The van der Waals surface area contributed by atoms with Crippen molar-refractivity contribution in [3.8, 4) is 0 Å². The SMILES string of the molecule is C=CCOC(=O)[C@@]1(C)CCCC1=O. The van der Waals surface area contributed by atoms with E-state index in [0.29, 0.717) is 12.8 Å². The summed E-state index contributed by atoms with van der Waals surface area (Å²) in [5, 5.41) is 0. The Morgan fingerprint density at radius 1 is 1.77 bits per heavy atom. The van der Waals surface area contributed by atoms with Crippen molar-refractivity contribution in [2.45, 2.75) is 26.2 Å². The van der Waals surface area contributed by atoms with Crippen LogP contribution in [0.25, 0.3) is 0 Å². The van der Waals surface area contributed by atoms with E-state index in [0.717, 1.165) is 6.42 Å². The van der Waals surface area contributed by atoms with E-state index in [2.05, 4.69) is 6.58 Å². The number of ether oxygens (including phenoxy) is 1. The summed E-state index contributed by atoms with van der Waals surface area (Å²) in [6, 6.07) is 0. The van der Waals surface area contributed by atoms with Gasteiger partial charge in [-0.1, -0.05) is 12.7 Å². The van der Waals surface area contributed by atoms with Crippen LogP contribution in [-0.4, -0.2) is 18.4 Å². The monoisotopic (exact) mass is 182 g/mol. The molecule has 0 saturated heterocycles. The van der Waals surface area contributed by atoms with Crippen molar-refractivity contribution in [1.82, 2.24) is 0 Å². The molecule has 0 heterocycles. The van der Waals surface area contributed by atoms with Gasteiger partial charge in [-0.3, -0.25) is 9.59 Å². The molecule has 0 spiro atoms. The fraction of sp³-hybridized carbons (Fsp3) is 0.600. The zero-order chi connectivity index (χ0) is 9.90. The second-order valence-electron chi connectivity index (χ2n) is 3.50. The first-order valence-electron chi connectivity index (χ1n) is 4.42. The predicted molar refractivity (Wildman–Crippen MR) is 48.1 cm³/mol. The van der Waals surface area contributed by atoms with Crippen molar-refractivity contribution >= 4 is 11.8 Å². The van der Waals surface area contributed by atoms with Crippen molar-refractivity contribution in [3.05, 3.63) is 12.7 Å². The normalized spacial score (nSPS) is 27.3. The molecule has 72 valence electrons. The largest absolute Gasteiger partial charge is 0.461 e. The number of rotatable bonds is 3. The molecule has 0 unspecified atom stereocenters. The summed E-state index contributed by atoms with van der Waals surface area (Å²) in [5.74, 6) is -0.406. The van der Waals surface area contributed by atoms with Gasteiger partial charge in [-0.15, -0.1) is 0 Å². The van der Waals surface area contributed by atoms with Gasteiger partial charge < -0.3 is 4.74 Å². The van der Waals surface area contributed by atoms with Crippen molar-refractivity contribution in [2.75, 3.05) is 6.61 Å². The molecule has 13 heavy (non-hydrogen) atoms. The Bertz CT molecular complexity index is 245. The van der Waals surface area contributed by atoms with Gasteiger partial charge in [-0.25, -0.2) is 0 Å². The first-order chi connectivity index (χ1) is 6.11. The Balaban J connectivity index is 2.63. The van der Waals surface area contributed by atoms with E-state index in [9.17, 15) is 9.59 Å². The van der Waals surface area contributed by atoms with E-state index in [1.165, 1.54) is 6.08 Å². The van der Waals surface area contributed by atoms with Gasteiger partial charge >= 0.3 is 5.97 Å². The molecule has 1 aliphatic carbocycles. The summed E-state index contributed by atoms with van der Waals surface area (Å²) in [6.07, 6.45) is 3.40. The molecule has 3 heteroatoms. The van der Waals surface area contributed by atoms with E-state index in [1.54, 1.807) is 6.92 Å². The molecule has 0 N–H and O–H groups in total. The Morgan fingerprint density at radius 2 is 2.46 bits per heavy atom. The van der Waals surface area contributed by atoms with E-state index < -0.39 is 11.4 Å². The number of carbonyl (C=O) groups excluding carboxylic acids is 2. The lowest BCUT2D eigenvalue weighted by Gasteiger charge is -2.18. The Morgan fingerprint density at radius 3 is 2.92 bits per heavy atom. The van der Waals surface area contributed by atoms with E-state index in [-0.39, 0.29) is 12.4 Å². The van der Waals surface area contributed by atoms with Gasteiger partial charge in [0.2, 0.25) is 0 Å². The summed E-state index contributed by atoms with van der Waals surface area (Å²) in [6.45, 7) is 5.28. The minimum Gasteiger partial charge on any atom is -0.461 e. The number of ketones is 1.